The molecule has 0 amide bonds. The fraction of sp³-hybridized carbons (Fsp3) is 0.533. The van der Waals surface area contributed by atoms with Gasteiger partial charge in [-0.1, -0.05) is 5.21 Å². The number of nitrogens with zero attached hydrogens (tertiary/aromatic N) is 7. The first-order chi connectivity index (χ1) is 13.0. The molecule has 0 unspecified atom stereocenters. The first-order valence-corrected chi connectivity index (χ1v) is 10.5. The monoisotopic (exact) mass is 394 g/mol. The Hall–Kier alpha value is -2.36. The molecule has 0 spiro atoms. The topological polar surface area (TPSA) is 136 Å². The predicted octanol–water partition coefficient (Wildman–Crippen LogP) is 1.70. The van der Waals surface area contributed by atoms with Crippen molar-refractivity contribution in [3.63, 3.8) is 0 Å². The molecule has 0 aliphatic heterocycles. The molecule has 3 aromatic heterocycles. The lowest BCUT2D eigenvalue weighted by atomic mass is 10.4. The third kappa shape index (κ3) is 4.68. The zero-order chi connectivity index (χ0) is 19.3. The number of imidazole rings is 1. The Morgan fingerprint density at radius 1 is 1.19 bits per heavy atom. The van der Waals surface area contributed by atoms with Gasteiger partial charge in [-0.15, -0.1) is 5.10 Å². The van der Waals surface area contributed by atoms with Crippen molar-refractivity contribution in [1.29, 1.82) is 0 Å². The largest absolute Gasteiger partial charge is 0.382 e. The van der Waals surface area contributed by atoms with E-state index < -0.39 is 7.60 Å². The van der Waals surface area contributed by atoms with Gasteiger partial charge in [-0.25, -0.2) is 15.0 Å². The summed E-state index contributed by atoms with van der Waals surface area (Å²) in [6.45, 7) is 5.34. The lowest BCUT2D eigenvalue weighted by Gasteiger charge is -2.16. The molecular formula is C15H23N8O3P. The molecule has 146 valence electrons. The van der Waals surface area contributed by atoms with Crippen molar-refractivity contribution in [2.75, 3.05) is 25.1 Å². The second kappa shape index (κ2) is 8.55. The number of anilines is 1. The summed E-state index contributed by atoms with van der Waals surface area (Å²) >= 11 is 0. The van der Waals surface area contributed by atoms with Crippen molar-refractivity contribution < 1.29 is 13.6 Å². The van der Waals surface area contributed by atoms with E-state index in [0.29, 0.717) is 55.9 Å². The van der Waals surface area contributed by atoms with E-state index in [1.54, 1.807) is 24.9 Å². The molecule has 0 atom stereocenters. The molecule has 3 aromatic rings. The van der Waals surface area contributed by atoms with E-state index >= 15 is 0 Å². The quantitative estimate of drug-likeness (QED) is 0.509. The van der Waals surface area contributed by atoms with E-state index in [4.69, 9.17) is 14.8 Å². The van der Waals surface area contributed by atoms with Gasteiger partial charge in [-0.3, -0.25) is 9.25 Å². The van der Waals surface area contributed by atoms with Crippen molar-refractivity contribution in [1.82, 2.24) is 34.5 Å². The molecule has 0 aliphatic carbocycles. The molecule has 0 bridgehead atoms. The number of hydrogen-bond acceptors (Lipinski definition) is 9. The lowest BCUT2D eigenvalue weighted by Crippen LogP contribution is -2.05. The van der Waals surface area contributed by atoms with Gasteiger partial charge < -0.3 is 19.3 Å². The van der Waals surface area contributed by atoms with Crippen LogP contribution < -0.4 is 5.73 Å². The highest BCUT2D eigenvalue weighted by atomic mass is 31.2. The summed E-state index contributed by atoms with van der Waals surface area (Å²) in [7, 11) is -3.03. The summed E-state index contributed by atoms with van der Waals surface area (Å²) in [5.41, 5.74) is 7.76. The Balaban J connectivity index is 1.60. The SMILES string of the molecule is CCOP(=O)(CCCn1cc(Cn2cnc3c(N)ncnc32)nn1)OCC. The first kappa shape index (κ1) is 19.4. The molecule has 11 nitrogen and oxygen atoms in total. The number of nitrogen functional groups attached to an aromatic ring is 1. The summed E-state index contributed by atoms with van der Waals surface area (Å²) in [6.07, 6.45) is 5.84. The number of rotatable bonds is 10. The van der Waals surface area contributed by atoms with E-state index in [1.165, 1.54) is 6.33 Å². The normalized spacial score (nSPS) is 12.1. The molecule has 0 aromatic carbocycles. The van der Waals surface area contributed by atoms with Crippen LogP contribution in [0.5, 0.6) is 0 Å². The van der Waals surface area contributed by atoms with Gasteiger partial charge in [0.2, 0.25) is 0 Å². The third-order valence-electron chi connectivity index (χ3n) is 3.82. The molecule has 0 saturated heterocycles. The van der Waals surface area contributed by atoms with E-state index in [0.717, 1.165) is 5.69 Å². The maximum Gasteiger partial charge on any atom is 0.330 e. The van der Waals surface area contributed by atoms with Crippen molar-refractivity contribution >= 4 is 24.6 Å². The third-order valence-corrected chi connectivity index (χ3v) is 5.99. The Kier molecular flexibility index (Phi) is 6.15. The average molecular weight is 394 g/mol. The molecule has 12 heteroatoms. The van der Waals surface area contributed by atoms with Crippen LogP contribution in [0.25, 0.3) is 11.2 Å². The molecule has 0 aliphatic rings. The fourth-order valence-corrected chi connectivity index (χ4v) is 4.34. The van der Waals surface area contributed by atoms with E-state index in [9.17, 15) is 4.57 Å². The molecule has 3 heterocycles. The van der Waals surface area contributed by atoms with Crippen molar-refractivity contribution in [2.45, 2.75) is 33.4 Å². The predicted molar refractivity (Wildman–Crippen MR) is 99.2 cm³/mol. The van der Waals surface area contributed by atoms with Gasteiger partial charge in [0.1, 0.15) is 17.5 Å². The summed E-state index contributed by atoms with van der Waals surface area (Å²) in [4.78, 5) is 12.4. The molecule has 2 N–H and O–H groups in total. The van der Waals surface area contributed by atoms with Gasteiger partial charge in [0.15, 0.2) is 11.5 Å². The van der Waals surface area contributed by atoms with Gasteiger partial charge in [-0.05, 0) is 20.3 Å². The highest BCUT2D eigenvalue weighted by Gasteiger charge is 2.22. The van der Waals surface area contributed by atoms with Crippen molar-refractivity contribution in [3.05, 3.63) is 24.5 Å². The Morgan fingerprint density at radius 3 is 2.70 bits per heavy atom. The Bertz CT molecular complexity index is 930. The van der Waals surface area contributed by atoms with E-state index in [2.05, 4.69) is 25.3 Å². The van der Waals surface area contributed by atoms with Gasteiger partial charge in [-0.2, -0.15) is 0 Å². The zero-order valence-corrected chi connectivity index (χ0v) is 16.2. The van der Waals surface area contributed by atoms with Gasteiger partial charge in [0, 0.05) is 6.54 Å². The number of aryl methyl sites for hydroxylation is 1. The average Bonchev–Trinajstić information content (AvgIpc) is 3.24. The standard InChI is InChI=1S/C15H23N8O3P/c1-3-25-27(24,26-4-2)7-5-6-23-9-12(20-21-23)8-22-11-19-13-14(16)17-10-18-15(13)22/h9-11H,3-8H2,1-2H3,(H2,16,17,18). The molecular weight excluding hydrogens is 371 g/mol. The minimum Gasteiger partial charge on any atom is -0.382 e. The van der Waals surface area contributed by atoms with Crippen LogP contribution in [-0.4, -0.2) is 53.9 Å². The lowest BCUT2D eigenvalue weighted by molar-refractivity contribution is 0.219. The number of hydrogen-bond donors (Lipinski definition) is 1. The molecule has 3 rings (SSSR count). The molecule has 0 saturated carbocycles. The second-order valence-electron chi connectivity index (χ2n) is 5.80. The number of nitrogens with two attached hydrogens (primary N) is 1. The fourth-order valence-electron chi connectivity index (χ4n) is 2.70. The smallest absolute Gasteiger partial charge is 0.330 e. The van der Waals surface area contributed by atoms with Gasteiger partial charge in [0.05, 0.1) is 38.4 Å². The molecule has 0 radical (unpaired) electrons. The second-order valence-corrected chi connectivity index (χ2v) is 7.99. The Morgan fingerprint density at radius 2 is 1.96 bits per heavy atom. The summed E-state index contributed by atoms with van der Waals surface area (Å²) in [5.74, 6) is 0.343. The van der Waals surface area contributed by atoms with Crippen LogP contribution in [0.1, 0.15) is 26.0 Å². The molecule has 27 heavy (non-hydrogen) atoms. The molecule has 0 fully saturated rings. The minimum atomic E-state index is -3.03. The van der Waals surface area contributed by atoms with Crippen molar-refractivity contribution in [3.8, 4) is 0 Å². The van der Waals surface area contributed by atoms with Crippen LogP contribution in [0.2, 0.25) is 0 Å². The van der Waals surface area contributed by atoms with Crippen LogP contribution >= 0.6 is 7.60 Å². The summed E-state index contributed by atoms with van der Waals surface area (Å²) in [6, 6.07) is 0. The van der Waals surface area contributed by atoms with Crippen LogP contribution in [-0.2, 0) is 26.7 Å². The van der Waals surface area contributed by atoms with E-state index in [-0.39, 0.29) is 0 Å². The van der Waals surface area contributed by atoms with Gasteiger partial charge in [0.25, 0.3) is 0 Å². The maximum absolute atomic E-state index is 12.4. The van der Waals surface area contributed by atoms with Crippen LogP contribution in [0.3, 0.4) is 0 Å². The van der Waals surface area contributed by atoms with Crippen molar-refractivity contribution in [2.24, 2.45) is 0 Å². The van der Waals surface area contributed by atoms with Crippen LogP contribution in [0, 0.1) is 0 Å². The highest BCUT2D eigenvalue weighted by Crippen LogP contribution is 2.48. The first-order valence-electron chi connectivity index (χ1n) is 8.73. The summed E-state index contributed by atoms with van der Waals surface area (Å²) in [5, 5.41) is 8.28. The highest BCUT2D eigenvalue weighted by molar-refractivity contribution is 7.53. The Labute approximate surface area is 156 Å². The van der Waals surface area contributed by atoms with E-state index in [1.807, 2.05) is 10.8 Å². The van der Waals surface area contributed by atoms with Gasteiger partial charge >= 0.3 is 7.60 Å². The maximum atomic E-state index is 12.4. The van der Waals surface area contributed by atoms with Crippen LogP contribution in [0.15, 0.2) is 18.9 Å². The summed E-state index contributed by atoms with van der Waals surface area (Å²) < 4.78 is 26.6. The number of aromatic nitrogens is 7. The minimum absolute atomic E-state index is 0.340. The number of fused-ring (bicyclic) bond motifs is 1. The van der Waals surface area contributed by atoms with Crippen LogP contribution in [0.4, 0.5) is 5.82 Å². The zero-order valence-electron chi connectivity index (χ0n) is 15.4.